The minimum Gasteiger partial charge on any atom is -0.493 e. The summed E-state index contributed by atoms with van der Waals surface area (Å²) in [6.45, 7) is 5.66. The van der Waals surface area contributed by atoms with Gasteiger partial charge in [0, 0.05) is 37.3 Å². The Balaban J connectivity index is 1.57. The van der Waals surface area contributed by atoms with Crippen LogP contribution in [0.3, 0.4) is 0 Å². The van der Waals surface area contributed by atoms with Gasteiger partial charge in [0.1, 0.15) is 5.75 Å². The highest BCUT2D eigenvalue weighted by Gasteiger charge is 2.22. The number of ether oxygens (including phenoxy) is 1. The van der Waals surface area contributed by atoms with Gasteiger partial charge in [-0.15, -0.1) is 0 Å². The van der Waals surface area contributed by atoms with E-state index in [4.69, 9.17) is 4.74 Å². The number of hydrogen-bond donors (Lipinski definition) is 1. The number of nitrogens with one attached hydrogen (secondary N) is 1. The second-order valence-corrected chi connectivity index (χ2v) is 4.85. The van der Waals surface area contributed by atoms with Gasteiger partial charge in [0.2, 0.25) is 0 Å². The molecule has 0 aliphatic carbocycles. The first-order valence-electron chi connectivity index (χ1n) is 6.80. The van der Waals surface area contributed by atoms with Gasteiger partial charge in [-0.2, -0.15) is 0 Å². The molecule has 1 aliphatic rings. The predicted octanol–water partition coefficient (Wildman–Crippen LogP) is 2.17. The average molecular weight is 257 g/mol. The number of rotatable bonds is 5. The van der Waals surface area contributed by atoms with Gasteiger partial charge in [-0.25, -0.2) is 4.98 Å². The van der Waals surface area contributed by atoms with E-state index in [-0.39, 0.29) is 0 Å². The SMILES string of the molecule is CCn1cncc1CNCC1COc2ccccc21. The highest BCUT2D eigenvalue weighted by molar-refractivity contribution is 5.39. The molecule has 2 heterocycles. The molecule has 1 N–H and O–H groups in total. The van der Waals surface area contributed by atoms with Gasteiger partial charge in [0.15, 0.2) is 0 Å². The number of aromatic nitrogens is 2. The molecule has 4 heteroatoms. The molecule has 0 radical (unpaired) electrons. The van der Waals surface area contributed by atoms with Gasteiger partial charge in [0.25, 0.3) is 0 Å². The van der Waals surface area contributed by atoms with Crippen molar-refractivity contribution in [3.05, 3.63) is 48.0 Å². The number of benzene rings is 1. The fourth-order valence-corrected chi connectivity index (χ4v) is 2.55. The maximum absolute atomic E-state index is 5.69. The van der Waals surface area contributed by atoms with Crippen LogP contribution in [0.2, 0.25) is 0 Å². The van der Waals surface area contributed by atoms with Crippen LogP contribution < -0.4 is 10.1 Å². The summed E-state index contributed by atoms with van der Waals surface area (Å²) >= 11 is 0. The van der Waals surface area contributed by atoms with Crippen molar-refractivity contribution >= 4 is 0 Å². The van der Waals surface area contributed by atoms with E-state index >= 15 is 0 Å². The Morgan fingerprint density at radius 1 is 1.42 bits per heavy atom. The third-order valence-corrected chi connectivity index (χ3v) is 3.63. The number of nitrogens with zero attached hydrogens (tertiary/aromatic N) is 2. The van der Waals surface area contributed by atoms with Crippen LogP contribution in [0.25, 0.3) is 0 Å². The first-order chi connectivity index (χ1) is 9.38. The fraction of sp³-hybridized carbons (Fsp3) is 0.400. The maximum atomic E-state index is 5.69. The lowest BCUT2D eigenvalue weighted by molar-refractivity contribution is 0.326. The van der Waals surface area contributed by atoms with E-state index < -0.39 is 0 Å². The monoisotopic (exact) mass is 257 g/mol. The summed E-state index contributed by atoms with van der Waals surface area (Å²) in [5.74, 6) is 1.49. The van der Waals surface area contributed by atoms with Crippen molar-refractivity contribution in [3.63, 3.8) is 0 Å². The highest BCUT2D eigenvalue weighted by Crippen LogP contribution is 2.32. The fourth-order valence-electron chi connectivity index (χ4n) is 2.55. The zero-order valence-corrected chi connectivity index (χ0v) is 11.2. The normalized spacial score (nSPS) is 17.2. The van der Waals surface area contributed by atoms with Gasteiger partial charge in [-0.1, -0.05) is 18.2 Å². The molecule has 1 unspecified atom stereocenters. The summed E-state index contributed by atoms with van der Waals surface area (Å²) < 4.78 is 7.84. The van der Waals surface area contributed by atoms with E-state index in [1.807, 2.05) is 24.7 Å². The minimum atomic E-state index is 0.453. The Morgan fingerprint density at radius 3 is 3.21 bits per heavy atom. The van der Waals surface area contributed by atoms with Crippen LogP contribution in [0.5, 0.6) is 5.75 Å². The van der Waals surface area contributed by atoms with Gasteiger partial charge in [-0.3, -0.25) is 0 Å². The van der Waals surface area contributed by atoms with E-state index in [0.29, 0.717) is 5.92 Å². The Kier molecular flexibility index (Phi) is 3.51. The molecule has 0 saturated heterocycles. The van der Waals surface area contributed by atoms with Crippen molar-refractivity contribution in [1.29, 1.82) is 0 Å². The van der Waals surface area contributed by atoms with E-state index in [1.165, 1.54) is 11.3 Å². The number of hydrogen-bond acceptors (Lipinski definition) is 3. The molecule has 3 rings (SSSR count). The minimum absolute atomic E-state index is 0.453. The number of imidazole rings is 1. The summed E-state index contributed by atoms with van der Waals surface area (Å²) in [5.41, 5.74) is 2.55. The topological polar surface area (TPSA) is 39.1 Å². The smallest absolute Gasteiger partial charge is 0.122 e. The second kappa shape index (κ2) is 5.45. The van der Waals surface area contributed by atoms with Crippen LogP contribution in [-0.2, 0) is 13.1 Å². The molecule has 0 saturated carbocycles. The highest BCUT2D eigenvalue weighted by atomic mass is 16.5. The van der Waals surface area contributed by atoms with Crippen molar-refractivity contribution in [1.82, 2.24) is 14.9 Å². The Labute approximate surface area is 113 Å². The Bertz CT molecular complexity index is 550. The Hall–Kier alpha value is -1.81. The summed E-state index contributed by atoms with van der Waals surface area (Å²) in [7, 11) is 0. The second-order valence-electron chi connectivity index (χ2n) is 4.85. The molecule has 19 heavy (non-hydrogen) atoms. The van der Waals surface area contributed by atoms with Crippen molar-refractivity contribution in [3.8, 4) is 5.75 Å². The van der Waals surface area contributed by atoms with E-state index in [0.717, 1.165) is 32.0 Å². The van der Waals surface area contributed by atoms with Crippen LogP contribution in [0.4, 0.5) is 0 Å². The zero-order chi connectivity index (χ0) is 13.1. The quantitative estimate of drug-likeness (QED) is 0.892. The molecule has 1 aromatic heterocycles. The van der Waals surface area contributed by atoms with Gasteiger partial charge in [0.05, 0.1) is 18.6 Å². The lowest BCUT2D eigenvalue weighted by atomic mass is 10.0. The molecule has 4 nitrogen and oxygen atoms in total. The number of para-hydroxylation sites is 1. The van der Waals surface area contributed by atoms with Gasteiger partial charge in [-0.05, 0) is 13.0 Å². The molecule has 0 amide bonds. The molecular weight excluding hydrogens is 238 g/mol. The third kappa shape index (κ3) is 2.49. The average Bonchev–Trinajstić information content (AvgIpc) is 3.06. The van der Waals surface area contributed by atoms with Crippen LogP contribution in [0.1, 0.15) is 24.1 Å². The first kappa shape index (κ1) is 12.2. The van der Waals surface area contributed by atoms with Crippen molar-refractivity contribution in [2.45, 2.75) is 25.9 Å². The summed E-state index contributed by atoms with van der Waals surface area (Å²) in [6.07, 6.45) is 3.81. The molecular formula is C15H19N3O. The number of fused-ring (bicyclic) bond motifs is 1. The molecule has 1 aromatic carbocycles. The van der Waals surface area contributed by atoms with Crippen LogP contribution >= 0.6 is 0 Å². The summed E-state index contributed by atoms with van der Waals surface area (Å²) in [4.78, 5) is 4.18. The van der Waals surface area contributed by atoms with Gasteiger partial charge >= 0.3 is 0 Å². The molecule has 0 spiro atoms. The zero-order valence-electron chi connectivity index (χ0n) is 11.2. The summed E-state index contributed by atoms with van der Waals surface area (Å²) in [5, 5.41) is 3.50. The molecule has 0 fully saturated rings. The number of aryl methyl sites for hydroxylation is 1. The molecule has 100 valence electrons. The van der Waals surface area contributed by atoms with E-state index in [1.54, 1.807) is 0 Å². The molecule has 2 aromatic rings. The van der Waals surface area contributed by atoms with Crippen LogP contribution in [-0.4, -0.2) is 22.7 Å². The van der Waals surface area contributed by atoms with Crippen LogP contribution in [0.15, 0.2) is 36.8 Å². The standard InChI is InChI=1S/C15H19N3O/c1-2-18-11-17-9-13(18)8-16-7-12-10-19-15-6-4-3-5-14(12)15/h3-6,9,11-12,16H,2,7-8,10H2,1H3. The van der Waals surface area contributed by atoms with Crippen molar-refractivity contribution in [2.75, 3.05) is 13.2 Å². The van der Waals surface area contributed by atoms with E-state index in [9.17, 15) is 0 Å². The van der Waals surface area contributed by atoms with E-state index in [2.05, 4.69) is 33.9 Å². The van der Waals surface area contributed by atoms with Crippen molar-refractivity contribution in [2.24, 2.45) is 0 Å². The predicted molar refractivity (Wildman–Crippen MR) is 74.3 cm³/mol. The largest absolute Gasteiger partial charge is 0.493 e. The Morgan fingerprint density at radius 2 is 2.32 bits per heavy atom. The van der Waals surface area contributed by atoms with Gasteiger partial charge < -0.3 is 14.6 Å². The first-order valence-corrected chi connectivity index (χ1v) is 6.80. The summed E-state index contributed by atoms with van der Waals surface area (Å²) in [6, 6.07) is 8.30. The molecule has 1 aliphatic heterocycles. The van der Waals surface area contributed by atoms with Crippen LogP contribution in [0, 0.1) is 0 Å². The lowest BCUT2D eigenvalue weighted by Crippen LogP contribution is -2.23. The molecule has 1 atom stereocenters. The lowest BCUT2D eigenvalue weighted by Gasteiger charge is -2.11. The molecule has 0 bridgehead atoms. The van der Waals surface area contributed by atoms with Crippen molar-refractivity contribution < 1.29 is 4.74 Å². The third-order valence-electron chi connectivity index (χ3n) is 3.63. The maximum Gasteiger partial charge on any atom is 0.122 e.